The molecule has 11 heteroatoms. The number of hydrogen-bond acceptors (Lipinski definition) is 7. The second-order valence-electron chi connectivity index (χ2n) is 7.58. The molecule has 1 aliphatic heterocycles. The fourth-order valence-corrected chi connectivity index (χ4v) is 3.82. The molecule has 2 aromatic heterocycles. The third-order valence-corrected chi connectivity index (χ3v) is 5.44. The lowest BCUT2D eigenvalue weighted by Crippen LogP contribution is -2.43. The number of primary amides is 1. The molecule has 1 amide bonds. The molecule has 3 N–H and O–H groups in total. The zero-order valence-electron chi connectivity index (χ0n) is 17.0. The van der Waals surface area contributed by atoms with E-state index in [0.717, 1.165) is 0 Å². The molecular formula is C21H21F2N7O2. The predicted octanol–water partition coefficient (Wildman–Crippen LogP) is 2.98. The van der Waals surface area contributed by atoms with Crippen LogP contribution >= 0.6 is 0 Å². The number of benzene rings is 1. The number of carbonyl (C=O) groups is 1. The molecule has 9 nitrogen and oxygen atoms in total. The molecule has 0 aliphatic carbocycles. The number of nitrogens with two attached hydrogens (primary N) is 1. The summed E-state index contributed by atoms with van der Waals surface area (Å²) in [7, 11) is 0. The minimum Gasteiger partial charge on any atom is -0.365 e. The lowest BCUT2D eigenvalue weighted by Gasteiger charge is -2.35. The predicted molar refractivity (Wildman–Crippen MR) is 113 cm³/mol. The second-order valence-corrected chi connectivity index (χ2v) is 7.58. The maximum absolute atomic E-state index is 13.9. The van der Waals surface area contributed by atoms with Crippen molar-refractivity contribution >= 4 is 17.4 Å². The van der Waals surface area contributed by atoms with Crippen LogP contribution in [0.5, 0.6) is 0 Å². The van der Waals surface area contributed by atoms with Gasteiger partial charge in [0.1, 0.15) is 17.4 Å². The van der Waals surface area contributed by atoms with E-state index in [1.807, 2.05) is 4.90 Å². The number of aromatic nitrogens is 3. The molecule has 3 aromatic rings. The topological polar surface area (TPSA) is 119 Å². The second kappa shape index (κ2) is 9.18. The molecule has 1 aromatic carbocycles. The van der Waals surface area contributed by atoms with E-state index in [1.54, 1.807) is 12.1 Å². The number of halogens is 2. The quantitative estimate of drug-likeness (QED) is 0.430. The largest absolute Gasteiger partial charge is 0.365 e. The summed E-state index contributed by atoms with van der Waals surface area (Å²) in [6, 6.07) is 7.80. The van der Waals surface area contributed by atoms with E-state index in [-0.39, 0.29) is 11.4 Å². The summed E-state index contributed by atoms with van der Waals surface area (Å²) in [6.07, 6.45) is 3.37. The van der Waals surface area contributed by atoms with Crippen LogP contribution in [0.4, 0.5) is 20.3 Å². The molecule has 1 fully saturated rings. The molecular weight excluding hydrogens is 420 g/mol. The molecule has 1 saturated heterocycles. The highest BCUT2D eigenvalue weighted by Gasteiger charge is 2.33. The van der Waals surface area contributed by atoms with Crippen LogP contribution in [0.1, 0.15) is 28.4 Å². The molecule has 0 unspecified atom stereocenters. The van der Waals surface area contributed by atoms with Crippen LogP contribution in [0.15, 0.2) is 54.0 Å². The number of carbonyl (C=O) groups excluding carboxylic acids is 1. The van der Waals surface area contributed by atoms with Crippen LogP contribution in [0, 0.1) is 16.7 Å². The van der Waals surface area contributed by atoms with Gasteiger partial charge in [0.05, 0.1) is 6.04 Å². The smallest absolute Gasteiger partial charge is 0.254 e. The molecule has 166 valence electrons. The maximum Gasteiger partial charge on any atom is 0.254 e. The first kappa shape index (κ1) is 21.5. The maximum atomic E-state index is 13.9. The van der Waals surface area contributed by atoms with E-state index in [0.29, 0.717) is 37.3 Å². The zero-order valence-corrected chi connectivity index (χ0v) is 17.0. The Morgan fingerprint density at radius 1 is 1.25 bits per heavy atom. The van der Waals surface area contributed by atoms with Gasteiger partial charge in [0.2, 0.25) is 5.95 Å². The molecule has 0 saturated carbocycles. The van der Waals surface area contributed by atoms with Crippen LogP contribution < -0.4 is 11.1 Å². The molecule has 4 rings (SSSR count). The van der Waals surface area contributed by atoms with Gasteiger partial charge in [-0.05, 0) is 36.8 Å². The number of anilines is 2. The minimum atomic E-state index is -0.694. The number of nitrogens with zero attached hydrogens (tertiary/aromatic N) is 5. The van der Waals surface area contributed by atoms with Crippen LogP contribution in [0.2, 0.25) is 0 Å². The number of hydrogen-bond donors (Lipinski definition) is 2. The van der Waals surface area contributed by atoms with E-state index in [9.17, 15) is 18.5 Å². The van der Waals surface area contributed by atoms with Crippen molar-refractivity contribution in [2.45, 2.75) is 25.0 Å². The van der Waals surface area contributed by atoms with Gasteiger partial charge in [-0.3, -0.25) is 14.4 Å². The van der Waals surface area contributed by atoms with Gasteiger partial charge in [-0.25, -0.2) is 9.37 Å². The average Bonchev–Trinajstić information content (AvgIpc) is 3.20. The normalized spacial score (nSPS) is 18.9. The van der Waals surface area contributed by atoms with Gasteiger partial charge < -0.3 is 11.1 Å². The Morgan fingerprint density at radius 2 is 2.03 bits per heavy atom. The monoisotopic (exact) mass is 441 g/mol. The van der Waals surface area contributed by atoms with E-state index >= 15 is 0 Å². The highest BCUT2D eigenvalue weighted by Crippen LogP contribution is 2.29. The van der Waals surface area contributed by atoms with Gasteiger partial charge in [-0.1, -0.05) is 11.2 Å². The van der Waals surface area contributed by atoms with Crippen LogP contribution in [0.3, 0.4) is 0 Å². The van der Waals surface area contributed by atoms with E-state index < -0.39 is 29.8 Å². The number of nitrogens with one attached hydrogen (secondary N) is 1. The van der Waals surface area contributed by atoms with Crippen molar-refractivity contribution in [3.05, 3.63) is 76.6 Å². The first-order valence-electron chi connectivity index (χ1n) is 10.0. The summed E-state index contributed by atoms with van der Waals surface area (Å²) >= 11 is 0. The summed E-state index contributed by atoms with van der Waals surface area (Å²) in [4.78, 5) is 29.1. The fraction of sp³-hybridized carbons (Fsp3) is 0.286. The lowest BCUT2D eigenvalue weighted by molar-refractivity contribution is 0.100. The van der Waals surface area contributed by atoms with Crippen LogP contribution in [-0.4, -0.2) is 44.7 Å². The summed E-state index contributed by atoms with van der Waals surface area (Å²) in [5, 5.41) is 10.6. The van der Waals surface area contributed by atoms with E-state index in [2.05, 4.69) is 20.6 Å². The Balaban J connectivity index is 1.52. The molecule has 0 spiro atoms. The molecule has 32 heavy (non-hydrogen) atoms. The standard InChI is InChI=1S/C21H21F2N7O2/c22-14-3-5-15(6-4-14)26-21-16(20(24)31)11-30(27-21)18-7-9-29(12-17(18)28-32)10-13-2-1-8-25-19(13)23/h1-6,8,11,17-18H,7,9-10,12H2,(H2,24,31)(H,26,27)/t17-,18-/m1/s1. The number of piperidine rings is 1. The molecule has 0 radical (unpaired) electrons. The van der Waals surface area contributed by atoms with Crippen molar-refractivity contribution in [3.63, 3.8) is 0 Å². The summed E-state index contributed by atoms with van der Waals surface area (Å²) in [6.45, 7) is 1.17. The average molecular weight is 441 g/mol. The van der Waals surface area contributed by atoms with Gasteiger partial charge in [-0.2, -0.15) is 14.4 Å². The van der Waals surface area contributed by atoms with Crippen LogP contribution in [-0.2, 0) is 6.54 Å². The number of amides is 1. The molecule has 0 bridgehead atoms. The van der Waals surface area contributed by atoms with Crippen molar-refractivity contribution in [2.24, 2.45) is 10.9 Å². The number of pyridine rings is 1. The number of likely N-dealkylation sites (tertiary alicyclic amines) is 1. The first-order valence-corrected chi connectivity index (χ1v) is 10.0. The third kappa shape index (κ3) is 4.62. The minimum absolute atomic E-state index is 0.138. The van der Waals surface area contributed by atoms with Gasteiger partial charge in [0, 0.05) is 43.3 Å². The Labute approximate surface area is 182 Å². The molecule has 3 heterocycles. The van der Waals surface area contributed by atoms with Crippen molar-refractivity contribution in [1.29, 1.82) is 0 Å². The Morgan fingerprint density at radius 3 is 2.72 bits per heavy atom. The van der Waals surface area contributed by atoms with Crippen LogP contribution in [0.25, 0.3) is 0 Å². The first-order chi connectivity index (χ1) is 15.4. The highest BCUT2D eigenvalue weighted by atomic mass is 19.1. The Bertz CT molecular complexity index is 1120. The molecule has 2 atom stereocenters. The van der Waals surface area contributed by atoms with Gasteiger partial charge in [0.25, 0.3) is 5.91 Å². The summed E-state index contributed by atoms with van der Waals surface area (Å²) in [5.41, 5.74) is 6.60. The number of nitroso groups, excluding NO2 is 1. The highest BCUT2D eigenvalue weighted by molar-refractivity contribution is 5.98. The lowest BCUT2D eigenvalue weighted by atomic mass is 9.99. The van der Waals surface area contributed by atoms with Gasteiger partial charge in [-0.15, -0.1) is 0 Å². The van der Waals surface area contributed by atoms with Crippen molar-refractivity contribution < 1.29 is 13.6 Å². The summed E-state index contributed by atoms with van der Waals surface area (Å²) < 4.78 is 28.6. The third-order valence-electron chi connectivity index (χ3n) is 5.44. The zero-order chi connectivity index (χ0) is 22.7. The summed E-state index contributed by atoms with van der Waals surface area (Å²) in [5.74, 6) is -1.43. The Hall–Kier alpha value is -3.73. The van der Waals surface area contributed by atoms with Crippen molar-refractivity contribution in [1.82, 2.24) is 19.7 Å². The number of rotatable bonds is 7. The van der Waals surface area contributed by atoms with E-state index in [4.69, 9.17) is 5.73 Å². The van der Waals surface area contributed by atoms with Gasteiger partial charge in [0.15, 0.2) is 5.82 Å². The van der Waals surface area contributed by atoms with Crippen molar-refractivity contribution in [2.75, 3.05) is 18.4 Å². The van der Waals surface area contributed by atoms with Gasteiger partial charge >= 0.3 is 0 Å². The SMILES string of the molecule is NC(=O)c1cn([C@@H]2CCN(Cc3cccnc3F)C[C@H]2N=O)nc1Nc1ccc(F)cc1. The fourth-order valence-electron chi connectivity index (χ4n) is 3.82. The van der Waals surface area contributed by atoms with E-state index in [1.165, 1.54) is 41.3 Å². The Kier molecular flexibility index (Phi) is 6.17. The molecule has 1 aliphatic rings. The van der Waals surface area contributed by atoms with Crippen molar-refractivity contribution in [3.8, 4) is 0 Å².